The van der Waals surface area contributed by atoms with Crippen molar-refractivity contribution in [2.24, 2.45) is 5.92 Å². The van der Waals surface area contributed by atoms with Crippen LogP contribution in [0.15, 0.2) is 52.6 Å². The number of nitrogens with one attached hydrogen (secondary N) is 1. The molecule has 4 aromatic heterocycles. The lowest BCUT2D eigenvalue weighted by Crippen LogP contribution is -2.16. The number of thiophene rings is 2. The molecule has 1 N–H and O–H groups in total. The van der Waals surface area contributed by atoms with E-state index in [9.17, 15) is 9.59 Å². The van der Waals surface area contributed by atoms with Crippen LogP contribution in [0.4, 0.5) is 0 Å². The van der Waals surface area contributed by atoms with Crippen LogP contribution in [0.2, 0.25) is 0 Å². The van der Waals surface area contributed by atoms with Gasteiger partial charge in [0.05, 0.1) is 27.0 Å². The topological polar surface area (TPSA) is 84.9 Å². The molecule has 1 atom stereocenters. The third-order valence-corrected chi connectivity index (χ3v) is 8.30. The van der Waals surface area contributed by atoms with Gasteiger partial charge in [-0.1, -0.05) is 31.2 Å². The molecule has 0 fully saturated rings. The van der Waals surface area contributed by atoms with Crippen LogP contribution in [0.1, 0.15) is 40.0 Å². The van der Waals surface area contributed by atoms with E-state index in [1.165, 1.54) is 4.88 Å². The summed E-state index contributed by atoms with van der Waals surface area (Å²) in [6.45, 7) is 2.14. The number of hydrogen-bond donors (Lipinski definition) is 1. The highest BCUT2D eigenvalue weighted by Gasteiger charge is 2.23. The quantitative estimate of drug-likeness (QED) is 0.327. The van der Waals surface area contributed by atoms with Gasteiger partial charge in [0.25, 0.3) is 5.56 Å². The van der Waals surface area contributed by atoms with Gasteiger partial charge in [0.1, 0.15) is 17.3 Å². The second kappa shape index (κ2) is 8.45. The Bertz CT molecular complexity index is 1600. The third kappa shape index (κ3) is 3.73. The van der Waals surface area contributed by atoms with Crippen molar-refractivity contribution in [3.8, 4) is 10.6 Å². The molecular formula is C26H21N3O3S2. The molecule has 5 aromatic rings. The minimum atomic E-state index is -0.474. The summed E-state index contributed by atoms with van der Waals surface area (Å²) in [5, 5.41) is 3.40. The number of ether oxygens (including phenoxy) is 1. The Kier molecular flexibility index (Phi) is 5.27. The van der Waals surface area contributed by atoms with Gasteiger partial charge in [0.2, 0.25) is 0 Å². The predicted octanol–water partition coefficient (Wildman–Crippen LogP) is 5.74. The van der Waals surface area contributed by atoms with E-state index in [-0.39, 0.29) is 12.2 Å². The van der Waals surface area contributed by atoms with Crippen LogP contribution >= 0.6 is 22.7 Å². The van der Waals surface area contributed by atoms with Gasteiger partial charge in [0.15, 0.2) is 0 Å². The first kappa shape index (κ1) is 21.2. The first-order valence-electron chi connectivity index (χ1n) is 11.2. The summed E-state index contributed by atoms with van der Waals surface area (Å²) >= 11 is 3.15. The number of pyridine rings is 1. The smallest absolute Gasteiger partial charge is 0.339 e. The number of carbonyl (C=O) groups is 1. The zero-order valence-corrected chi connectivity index (χ0v) is 20.1. The lowest BCUT2D eigenvalue weighted by Gasteiger charge is -2.17. The number of aryl methyl sites for hydroxylation is 1. The number of benzene rings is 1. The summed E-state index contributed by atoms with van der Waals surface area (Å²) in [6, 6.07) is 13.2. The SMILES string of the molecule is CC1CCc2c(sc3nc(COC(=O)c4cc(-c5cccs5)nc5ccccc45)[nH]c(=O)c23)C1. The second-order valence-electron chi connectivity index (χ2n) is 8.67. The number of rotatable bonds is 4. The van der Waals surface area contributed by atoms with Crippen LogP contribution in [-0.4, -0.2) is 20.9 Å². The molecule has 1 unspecified atom stereocenters. The van der Waals surface area contributed by atoms with E-state index < -0.39 is 5.97 Å². The molecule has 170 valence electrons. The normalized spacial score (nSPS) is 15.5. The number of para-hydroxylation sites is 1. The molecule has 0 aliphatic heterocycles. The summed E-state index contributed by atoms with van der Waals surface area (Å²) < 4.78 is 5.63. The molecule has 1 aliphatic carbocycles. The van der Waals surface area contributed by atoms with Gasteiger partial charge in [-0.05, 0) is 54.3 Å². The van der Waals surface area contributed by atoms with E-state index in [4.69, 9.17) is 9.72 Å². The summed E-state index contributed by atoms with van der Waals surface area (Å²) in [7, 11) is 0. The van der Waals surface area contributed by atoms with Gasteiger partial charge in [-0.2, -0.15) is 0 Å². The number of carbonyl (C=O) groups excluding carboxylic acids is 1. The molecule has 0 radical (unpaired) electrons. The molecule has 1 aliphatic rings. The van der Waals surface area contributed by atoms with Gasteiger partial charge >= 0.3 is 5.97 Å². The monoisotopic (exact) mass is 487 g/mol. The van der Waals surface area contributed by atoms with E-state index in [1.54, 1.807) is 28.7 Å². The highest BCUT2D eigenvalue weighted by atomic mass is 32.1. The van der Waals surface area contributed by atoms with Crippen molar-refractivity contribution in [1.82, 2.24) is 15.0 Å². The van der Waals surface area contributed by atoms with Crippen LogP contribution in [0.3, 0.4) is 0 Å². The number of hydrogen-bond acceptors (Lipinski definition) is 7. The maximum absolute atomic E-state index is 13.1. The largest absolute Gasteiger partial charge is 0.454 e. The highest BCUT2D eigenvalue weighted by Crippen LogP contribution is 2.35. The molecule has 0 spiro atoms. The molecular weight excluding hydrogens is 466 g/mol. The van der Waals surface area contributed by atoms with Gasteiger partial charge < -0.3 is 9.72 Å². The Labute approximate surface area is 203 Å². The van der Waals surface area contributed by atoms with E-state index in [0.717, 1.165) is 51.1 Å². The fourth-order valence-electron chi connectivity index (χ4n) is 4.57. The standard InChI is InChI=1S/C26H21N3O3S2/c1-14-8-9-16-21(11-14)34-25-23(16)24(30)28-22(29-25)13-32-26(31)17-12-19(20-7-4-10-33-20)27-18-6-3-2-5-15(17)18/h2-7,10,12,14H,8-9,11,13H2,1H3,(H,28,29,30). The molecule has 0 amide bonds. The van der Waals surface area contributed by atoms with Crippen molar-refractivity contribution in [3.05, 3.63) is 80.0 Å². The van der Waals surface area contributed by atoms with Crippen LogP contribution < -0.4 is 5.56 Å². The van der Waals surface area contributed by atoms with Crippen molar-refractivity contribution in [3.63, 3.8) is 0 Å². The van der Waals surface area contributed by atoms with Crippen molar-refractivity contribution in [2.75, 3.05) is 0 Å². The first-order valence-corrected chi connectivity index (χ1v) is 12.9. The summed E-state index contributed by atoms with van der Waals surface area (Å²) in [5.41, 5.74) is 2.88. The zero-order chi connectivity index (χ0) is 23.2. The summed E-state index contributed by atoms with van der Waals surface area (Å²) in [6.07, 6.45) is 2.99. The van der Waals surface area contributed by atoms with Gasteiger partial charge in [0, 0.05) is 10.3 Å². The van der Waals surface area contributed by atoms with Gasteiger partial charge in [-0.25, -0.2) is 14.8 Å². The fourth-order valence-corrected chi connectivity index (χ4v) is 6.66. The number of fused-ring (bicyclic) bond motifs is 4. The summed E-state index contributed by atoms with van der Waals surface area (Å²) in [4.78, 5) is 41.1. The number of H-pyrrole nitrogens is 1. The average Bonchev–Trinajstić information content (AvgIpc) is 3.49. The maximum atomic E-state index is 13.1. The third-order valence-electron chi connectivity index (χ3n) is 6.26. The molecule has 6 rings (SSSR count). The van der Waals surface area contributed by atoms with Crippen molar-refractivity contribution in [2.45, 2.75) is 32.8 Å². The van der Waals surface area contributed by atoms with Crippen LogP contribution in [0.5, 0.6) is 0 Å². The molecule has 1 aromatic carbocycles. The molecule has 0 bridgehead atoms. The number of aromatic amines is 1. The fraction of sp³-hybridized carbons (Fsp3) is 0.231. The Balaban J connectivity index is 1.31. The van der Waals surface area contributed by atoms with Crippen molar-refractivity contribution in [1.29, 1.82) is 0 Å². The Morgan fingerprint density at radius 3 is 2.94 bits per heavy atom. The van der Waals surface area contributed by atoms with E-state index in [2.05, 4.69) is 16.9 Å². The minimum Gasteiger partial charge on any atom is -0.454 e. The van der Waals surface area contributed by atoms with Crippen LogP contribution in [0, 0.1) is 5.92 Å². The van der Waals surface area contributed by atoms with Crippen molar-refractivity contribution < 1.29 is 9.53 Å². The first-order chi connectivity index (χ1) is 16.6. The predicted molar refractivity (Wildman–Crippen MR) is 136 cm³/mol. The summed E-state index contributed by atoms with van der Waals surface area (Å²) in [5.74, 6) is 0.502. The highest BCUT2D eigenvalue weighted by molar-refractivity contribution is 7.18. The maximum Gasteiger partial charge on any atom is 0.339 e. The van der Waals surface area contributed by atoms with Crippen LogP contribution in [-0.2, 0) is 24.2 Å². The molecule has 34 heavy (non-hydrogen) atoms. The van der Waals surface area contributed by atoms with Gasteiger partial charge in [-0.3, -0.25) is 4.79 Å². The van der Waals surface area contributed by atoms with Gasteiger partial charge in [-0.15, -0.1) is 22.7 Å². The molecule has 4 heterocycles. The van der Waals surface area contributed by atoms with Crippen molar-refractivity contribution >= 4 is 49.8 Å². The Morgan fingerprint density at radius 2 is 2.09 bits per heavy atom. The van der Waals surface area contributed by atoms with Crippen LogP contribution in [0.25, 0.3) is 31.7 Å². The van der Waals surface area contributed by atoms with E-state index in [1.807, 2.05) is 41.8 Å². The zero-order valence-electron chi connectivity index (χ0n) is 18.5. The average molecular weight is 488 g/mol. The lowest BCUT2D eigenvalue weighted by atomic mass is 9.89. The van der Waals surface area contributed by atoms with E-state index >= 15 is 0 Å². The molecule has 8 heteroatoms. The van der Waals surface area contributed by atoms with E-state index in [0.29, 0.717) is 22.7 Å². The number of aromatic nitrogens is 3. The molecule has 0 saturated carbocycles. The Morgan fingerprint density at radius 1 is 1.21 bits per heavy atom. The molecule has 0 saturated heterocycles. The number of nitrogens with zero attached hydrogens (tertiary/aromatic N) is 2. The minimum absolute atomic E-state index is 0.103. The molecule has 6 nitrogen and oxygen atoms in total. The lowest BCUT2D eigenvalue weighted by molar-refractivity contribution is 0.0464. The Hall–Kier alpha value is -3.36. The number of esters is 1. The second-order valence-corrected chi connectivity index (χ2v) is 10.7.